The van der Waals surface area contributed by atoms with Crippen LogP contribution in [-0.4, -0.2) is 25.4 Å². The van der Waals surface area contributed by atoms with E-state index in [1.807, 2.05) is 24.3 Å². The van der Waals surface area contributed by atoms with Crippen LogP contribution in [0.4, 0.5) is 0 Å². The SMILES string of the molecule is CC(C)NS(=O)(=O)Cc1ccccc1CNC(=O)c1cccc(OCc2cccnc2)c1. The Labute approximate surface area is 188 Å². The van der Waals surface area contributed by atoms with Crippen molar-refractivity contribution in [1.82, 2.24) is 15.0 Å². The zero-order valence-electron chi connectivity index (χ0n) is 18.1. The van der Waals surface area contributed by atoms with Crippen molar-refractivity contribution in [2.45, 2.75) is 38.8 Å². The summed E-state index contributed by atoms with van der Waals surface area (Å²) in [6.45, 7) is 4.12. The van der Waals surface area contributed by atoms with Crippen LogP contribution in [0.15, 0.2) is 73.1 Å². The van der Waals surface area contributed by atoms with Gasteiger partial charge in [-0.05, 0) is 49.2 Å². The number of hydrogen-bond donors (Lipinski definition) is 2. The highest BCUT2D eigenvalue weighted by Crippen LogP contribution is 2.16. The van der Waals surface area contributed by atoms with Crippen molar-refractivity contribution in [2.24, 2.45) is 0 Å². The number of nitrogens with one attached hydrogen (secondary N) is 2. The van der Waals surface area contributed by atoms with Crippen LogP contribution in [0.25, 0.3) is 0 Å². The van der Waals surface area contributed by atoms with Gasteiger partial charge in [-0.3, -0.25) is 9.78 Å². The van der Waals surface area contributed by atoms with E-state index >= 15 is 0 Å². The summed E-state index contributed by atoms with van der Waals surface area (Å²) in [5.74, 6) is 0.164. The van der Waals surface area contributed by atoms with Gasteiger partial charge in [0.25, 0.3) is 5.91 Å². The third-order valence-corrected chi connectivity index (χ3v) is 6.06. The highest BCUT2D eigenvalue weighted by atomic mass is 32.2. The Kier molecular flexibility index (Phi) is 7.97. The molecule has 7 nitrogen and oxygen atoms in total. The molecule has 0 aliphatic carbocycles. The van der Waals surface area contributed by atoms with Gasteiger partial charge in [0.1, 0.15) is 12.4 Å². The summed E-state index contributed by atoms with van der Waals surface area (Å²) in [5.41, 5.74) is 2.79. The number of carbonyl (C=O) groups excluding carboxylic acids is 1. The molecule has 0 radical (unpaired) electrons. The van der Waals surface area contributed by atoms with Crippen molar-refractivity contribution in [2.75, 3.05) is 0 Å². The van der Waals surface area contributed by atoms with Gasteiger partial charge in [0.2, 0.25) is 10.0 Å². The number of carbonyl (C=O) groups is 1. The molecule has 32 heavy (non-hydrogen) atoms. The van der Waals surface area contributed by atoms with Crippen LogP contribution in [0.2, 0.25) is 0 Å². The maximum Gasteiger partial charge on any atom is 0.251 e. The average molecular weight is 454 g/mol. The molecule has 3 aromatic rings. The van der Waals surface area contributed by atoms with Crippen molar-refractivity contribution >= 4 is 15.9 Å². The number of nitrogens with zero attached hydrogens (tertiary/aromatic N) is 1. The van der Waals surface area contributed by atoms with E-state index in [2.05, 4.69) is 15.0 Å². The van der Waals surface area contributed by atoms with Crippen molar-refractivity contribution in [1.29, 1.82) is 0 Å². The average Bonchev–Trinajstić information content (AvgIpc) is 2.76. The molecule has 0 unspecified atom stereocenters. The lowest BCUT2D eigenvalue weighted by atomic mass is 10.1. The predicted molar refractivity (Wildman–Crippen MR) is 124 cm³/mol. The zero-order valence-corrected chi connectivity index (χ0v) is 18.9. The van der Waals surface area contributed by atoms with E-state index in [0.29, 0.717) is 23.5 Å². The Balaban J connectivity index is 1.62. The fourth-order valence-corrected chi connectivity index (χ4v) is 4.62. The summed E-state index contributed by atoms with van der Waals surface area (Å²) in [5, 5.41) is 2.86. The molecular weight excluding hydrogens is 426 g/mol. The first-order valence-electron chi connectivity index (χ1n) is 10.3. The number of aromatic nitrogens is 1. The number of benzene rings is 2. The highest BCUT2D eigenvalue weighted by molar-refractivity contribution is 7.88. The van der Waals surface area contributed by atoms with Crippen molar-refractivity contribution in [3.8, 4) is 5.75 Å². The molecular formula is C24H27N3O4S. The lowest BCUT2D eigenvalue weighted by Gasteiger charge is -2.13. The molecule has 0 aliphatic rings. The minimum absolute atomic E-state index is 0.144. The van der Waals surface area contributed by atoms with Gasteiger partial charge < -0.3 is 10.1 Å². The fraction of sp³-hybridized carbons (Fsp3) is 0.250. The third-order valence-electron chi connectivity index (χ3n) is 4.54. The molecule has 168 valence electrons. The van der Waals surface area contributed by atoms with Crippen LogP contribution in [0.3, 0.4) is 0 Å². The van der Waals surface area contributed by atoms with Gasteiger partial charge in [0.05, 0.1) is 5.75 Å². The molecule has 8 heteroatoms. The van der Waals surface area contributed by atoms with Gasteiger partial charge in [-0.25, -0.2) is 13.1 Å². The molecule has 0 aliphatic heterocycles. The van der Waals surface area contributed by atoms with E-state index in [-0.39, 0.29) is 24.2 Å². The standard InChI is InChI=1S/C24H27N3O4S/c1-18(2)27-32(29,30)17-22-9-4-3-8-21(22)15-26-24(28)20-10-5-11-23(13-20)31-16-19-7-6-12-25-14-19/h3-14,18,27H,15-17H2,1-2H3,(H,26,28). The van der Waals surface area contributed by atoms with E-state index in [9.17, 15) is 13.2 Å². The quantitative estimate of drug-likeness (QED) is 0.490. The molecule has 3 rings (SSSR count). The number of rotatable bonds is 10. The molecule has 1 amide bonds. The minimum atomic E-state index is -3.47. The van der Waals surface area contributed by atoms with E-state index in [0.717, 1.165) is 11.1 Å². The molecule has 0 bridgehead atoms. The lowest BCUT2D eigenvalue weighted by Crippen LogP contribution is -2.31. The molecule has 0 spiro atoms. The van der Waals surface area contributed by atoms with Gasteiger partial charge in [0, 0.05) is 36.1 Å². The molecule has 1 aromatic heterocycles. The molecule has 1 heterocycles. The van der Waals surface area contributed by atoms with Crippen LogP contribution in [-0.2, 0) is 28.9 Å². The summed E-state index contributed by atoms with van der Waals surface area (Å²) in [4.78, 5) is 16.7. The number of sulfonamides is 1. The predicted octanol–water partition coefficient (Wildman–Crippen LogP) is 3.42. The summed E-state index contributed by atoms with van der Waals surface area (Å²) >= 11 is 0. The summed E-state index contributed by atoms with van der Waals surface area (Å²) in [6.07, 6.45) is 3.42. The third kappa shape index (κ3) is 7.18. The number of ether oxygens (including phenoxy) is 1. The Morgan fingerprint density at radius 1 is 1.03 bits per heavy atom. The molecule has 0 fully saturated rings. The van der Waals surface area contributed by atoms with Gasteiger partial charge in [-0.2, -0.15) is 0 Å². The van der Waals surface area contributed by atoms with Crippen molar-refractivity contribution < 1.29 is 17.9 Å². The second kappa shape index (κ2) is 10.9. The second-order valence-corrected chi connectivity index (χ2v) is 9.41. The van der Waals surface area contributed by atoms with E-state index in [1.54, 1.807) is 62.6 Å². The number of hydrogen-bond acceptors (Lipinski definition) is 5. The maximum absolute atomic E-state index is 12.7. The van der Waals surface area contributed by atoms with Crippen LogP contribution in [0.5, 0.6) is 5.75 Å². The molecule has 0 atom stereocenters. The number of amides is 1. The first-order valence-corrected chi connectivity index (χ1v) is 11.9. The zero-order chi connectivity index (χ0) is 23.0. The Hall–Kier alpha value is -3.23. The highest BCUT2D eigenvalue weighted by Gasteiger charge is 2.16. The van der Waals surface area contributed by atoms with Crippen LogP contribution < -0.4 is 14.8 Å². The Bertz CT molecular complexity index is 1150. The van der Waals surface area contributed by atoms with Gasteiger partial charge in [-0.15, -0.1) is 0 Å². The summed E-state index contributed by atoms with van der Waals surface area (Å²) in [6, 6.07) is 17.7. The van der Waals surface area contributed by atoms with E-state index < -0.39 is 10.0 Å². The van der Waals surface area contributed by atoms with Gasteiger partial charge in [0.15, 0.2) is 0 Å². The van der Waals surface area contributed by atoms with Crippen LogP contribution in [0, 0.1) is 0 Å². The van der Waals surface area contributed by atoms with Crippen LogP contribution in [0.1, 0.15) is 40.9 Å². The largest absolute Gasteiger partial charge is 0.489 e. The molecule has 0 saturated carbocycles. The summed E-state index contributed by atoms with van der Waals surface area (Å²) in [7, 11) is -3.47. The Morgan fingerprint density at radius 2 is 1.81 bits per heavy atom. The summed E-state index contributed by atoms with van der Waals surface area (Å²) < 4.78 is 33.0. The van der Waals surface area contributed by atoms with Gasteiger partial charge in [-0.1, -0.05) is 36.4 Å². The number of pyridine rings is 1. The normalized spacial score (nSPS) is 11.3. The Morgan fingerprint density at radius 3 is 2.53 bits per heavy atom. The monoisotopic (exact) mass is 453 g/mol. The maximum atomic E-state index is 12.7. The molecule has 2 aromatic carbocycles. The van der Waals surface area contributed by atoms with Crippen molar-refractivity contribution in [3.63, 3.8) is 0 Å². The fourth-order valence-electron chi connectivity index (χ4n) is 3.13. The van der Waals surface area contributed by atoms with Gasteiger partial charge >= 0.3 is 0 Å². The van der Waals surface area contributed by atoms with E-state index in [4.69, 9.17) is 4.74 Å². The first kappa shape index (κ1) is 23.4. The molecule has 0 saturated heterocycles. The molecule has 2 N–H and O–H groups in total. The minimum Gasteiger partial charge on any atom is -0.489 e. The lowest BCUT2D eigenvalue weighted by molar-refractivity contribution is 0.0950. The van der Waals surface area contributed by atoms with Crippen LogP contribution >= 0.6 is 0 Å². The first-order chi connectivity index (χ1) is 15.3. The van der Waals surface area contributed by atoms with E-state index in [1.165, 1.54) is 0 Å². The second-order valence-electron chi connectivity index (χ2n) is 7.66. The smallest absolute Gasteiger partial charge is 0.251 e. The topological polar surface area (TPSA) is 97.4 Å². The van der Waals surface area contributed by atoms with Crippen molar-refractivity contribution in [3.05, 3.63) is 95.3 Å².